The van der Waals surface area contributed by atoms with Crippen molar-refractivity contribution in [1.29, 1.82) is 0 Å². The van der Waals surface area contributed by atoms with E-state index in [-0.39, 0.29) is 17.7 Å². The van der Waals surface area contributed by atoms with E-state index in [0.29, 0.717) is 19.0 Å². The fourth-order valence-electron chi connectivity index (χ4n) is 3.52. The van der Waals surface area contributed by atoms with Crippen LogP contribution in [0.4, 0.5) is 5.69 Å². The minimum Gasteiger partial charge on any atom is -0.380 e. The number of para-hydroxylation sites is 1. The summed E-state index contributed by atoms with van der Waals surface area (Å²) in [5.41, 5.74) is 1.10. The Kier molecular flexibility index (Phi) is 4.84. The molecule has 2 aliphatic heterocycles. The van der Waals surface area contributed by atoms with Crippen LogP contribution in [-0.2, 0) is 9.59 Å². The number of nitrogens with one attached hydrogen (secondary N) is 1. The second kappa shape index (κ2) is 7.02. The van der Waals surface area contributed by atoms with Crippen LogP contribution >= 0.6 is 0 Å². The van der Waals surface area contributed by atoms with E-state index in [1.165, 1.54) is 0 Å². The van der Waals surface area contributed by atoms with E-state index >= 15 is 0 Å². The summed E-state index contributed by atoms with van der Waals surface area (Å²) in [4.78, 5) is 28.2. The SMILES string of the molecule is CCC(=O)N1CCC(C(=O)N2CCC(Nc3ccccc3)C2)C1. The van der Waals surface area contributed by atoms with E-state index in [2.05, 4.69) is 17.4 Å². The summed E-state index contributed by atoms with van der Waals surface area (Å²) in [6, 6.07) is 10.4. The Morgan fingerprint density at radius 3 is 2.57 bits per heavy atom. The summed E-state index contributed by atoms with van der Waals surface area (Å²) in [5, 5.41) is 3.49. The molecule has 2 saturated heterocycles. The van der Waals surface area contributed by atoms with Gasteiger partial charge in [0.05, 0.1) is 5.92 Å². The van der Waals surface area contributed by atoms with Crippen molar-refractivity contribution >= 4 is 17.5 Å². The predicted molar refractivity (Wildman–Crippen MR) is 90.0 cm³/mol. The zero-order chi connectivity index (χ0) is 16.2. The van der Waals surface area contributed by atoms with E-state index in [1.807, 2.05) is 34.9 Å². The average molecular weight is 315 g/mol. The van der Waals surface area contributed by atoms with Gasteiger partial charge in [-0.05, 0) is 25.0 Å². The fourth-order valence-corrected chi connectivity index (χ4v) is 3.52. The monoisotopic (exact) mass is 315 g/mol. The smallest absolute Gasteiger partial charge is 0.227 e. The molecule has 0 aromatic heterocycles. The van der Waals surface area contributed by atoms with Gasteiger partial charge in [0.1, 0.15) is 0 Å². The van der Waals surface area contributed by atoms with Crippen LogP contribution in [0.1, 0.15) is 26.2 Å². The molecule has 5 heteroatoms. The van der Waals surface area contributed by atoms with Crippen molar-refractivity contribution in [3.63, 3.8) is 0 Å². The third-order valence-corrected chi connectivity index (χ3v) is 4.84. The molecule has 2 aliphatic rings. The number of carbonyl (C=O) groups excluding carboxylic acids is 2. The van der Waals surface area contributed by atoms with Crippen molar-refractivity contribution in [3.8, 4) is 0 Å². The number of anilines is 1. The minimum absolute atomic E-state index is 0.0130. The average Bonchev–Trinajstić information content (AvgIpc) is 3.24. The first kappa shape index (κ1) is 15.8. The Morgan fingerprint density at radius 2 is 1.83 bits per heavy atom. The Balaban J connectivity index is 1.51. The first-order chi connectivity index (χ1) is 11.2. The molecule has 5 nitrogen and oxygen atoms in total. The van der Waals surface area contributed by atoms with E-state index < -0.39 is 0 Å². The Hall–Kier alpha value is -2.04. The zero-order valence-electron chi connectivity index (χ0n) is 13.7. The first-order valence-corrected chi connectivity index (χ1v) is 8.55. The van der Waals surface area contributed by atoms with E-state index in [1.54, 1.807) is 0 Å². The molecule has 2 unspecified atom stereocenters. The van der Waals surface area contributed by atoms with Crippen LogP contribution in [0.25, 0.3) is 0 Å². The number of amides is 2. The Labute approximate surface area is 137 Å². The summed E-state index contributed by atoms with van der Waals surface area (Å²) >= 11 is 0. The van der Waals surface area contributed by atoms with Gasteiger partial charge >= 0.3 is 0 Å². The topological polar surface area (TPSA) is 52.7 Å². The summed E-state index contributed by atoms with van der Waals surface area (Å²) in [6.07, 6.45) is 2.30. The van der Waals surface area contributed by atoms with E-state index in [9.17, 15) is 9.59 Å². The number of carbonyl (C=O) groups is 2. The summed E-state index contributed by atoms with van der Waals surface area (Å²) in [5.74, 6) is 0.361. The van der Waals surface area contributed by atoms with Gasteiger partial charge in [-0.2, -0.15) is 0 Å². The molecule has 2 heterocycles. The van der Waals surface area contributed by atoms with Gasteiger partial charge in [-0.3, -0.25) is 9.59 Å². The molecule has 0 bridgehead atoms. The lowest BCUT2D eigenvalue weighted by atomic mass is 10.1. The van der Waals surface area contributed by atoms with Crippen molar-refractivity contribution in [1.82, 2.24) is 9.80 Å². The number of benzene rings is 1. The van der Waals surface area contributed by atoms with Crippen molar-refractivity contribution in [2.24, 2.45) is 5.92 Å². The highest BCUT2D eigenvalue weighted by Gasteiger charge is 2.35. The normalized spacial score (nSPS) is 24.0. The lowest BCUT2D eigenvalue weighted by Crippen LogP contribution is -2.38. The molecule has 2 amide bonds. The third-order valence-electron chi connectivity index (χ3n) is 4.84. The number of nitrogens with zero attached hydrogens (tertiary/aromatic N) is 2. The molecule has 1 N–H and O–H groups in total. The van der Waals surface area contributed by atoms with Crippen molar-refractivity contribution in [3.05, 3.63) is 30.3 Å². The number of hydrogen-bond donors (Lipinski definition) is 1. The standard InChI is InChI=1S/C18H25N3O2/c1-2-17(22)20-10-8-14(12-20)18(23)21-11-9-16(13-21)19-15-6-4-3-5-7-15/h3-7,14,16,19H,2,8-13H2,1H3. The minimum atomic E-state index is -0.0130. The number of likely N-dealkylation sites (tertiary alicyclic amines) is 2. The highest BCUT2D eigenvalue weighted by atomic mass is 16.2. The van der Waals surface area contributed by atoms with Gasteiger partial charge in [0, 0.05) is 44.3 Å². The third kappa shape index (κ3) is 3.66. The number of hydrogen-bond acceptors (Lipinski definition) is 3. The molecule has 124 valence electrons. The van der Waals surface area contributed by atoms with Crippen molar-refractivity contribution < 1.29 is 9.59 Å². The Bertz CT molecular complexity index is 561. The van der Waals surface area contributed by atoms with Crippen molar-refractivity contribution in [2.45, 2.75) is 32.2 Å². The molecule has 2 atom stereocenters. The van der Waals surface area contributed by atoms with Crippen LogP contribution in [0.2, 0.25) is 0 Å². The Morgan fingerprint density at radius 1 is 1.09 bits per heavy atom. The van der Waals surface area contributed by atoms with Crippen LogP contribution in [0.3, 0.4) is 0 Å². The van der Waals surface area contributed by atoms with Gasteiger partial charge in [-0.15, -0.1) is 0 Å². The molecule has 1 aromatic carbocycles. The molecule has 0 spiro atoms. The van der Waals surface area contributed by atoms with Crippen LogP contribution < -0.4 is 5.32 Å². The highest BCUT2D eigenvalue weighted by Crippen LogP contribution is 2.23. The summed E-state index contributed by atoms with van der Waals surface area (Å²) < 4.78 is 0. The molecule has 0 saturated carbocycles. The summed E-state index contributed by atoms with van der Waals surface area (Å²) in [6.45, 7) is 4.76. The maximum absolute atomic E-state index is 12.7. The lowest BCUT2D eigenvalue weighted by molar-refractivity contribution is -0.134. The number of rotatable bonds is 4. The maximum atomic E-state index is 12.7. The predicted octanol–water partition coefficient (Wildman–Crippen LogP) is 1.96. The summed E-state index contributed by atoms with van der Waals surface area (Å²) in [7, 11) is 0. The van der Waals surface area contributed by atoms with Gasteiger partial charge in [0.15, 0.2) is 0 Å². The molecule has 1 aromatic rings. The molecule has 3 rings (SSSR count). The van der Waals surface area contributed by atoms with Gasteiger partial charge in [0.25, 0.3) is 0 Å². The molecule has 23 heavy (non-hydrogen) atoms. The first-order valence-electron chi connectivity index (χ1n) is 8.55. The largest absolute Gasteiger partial charge is 0.380 e. The fraction of sp³-hybridized carbons (Fsp3) is 0.556. The molecule has 0 radical (unpaired) electrons. The van der Waals surface area contributed by atoms with Gasteiger partial charge in [0.2, 0.25) is 11.8 Å². The quantitative estimate of drug-likeness (QED) is 0.924. The van der Waals surface area contributed by atoms with Crippen LogP contribution in [-0.4, -0.2) is 53.8 Å². The second-order valence-corrected chi connectivity index (χ2v) is 6.46. The van der Waals surface area contributed by atoms with Crippen LogP contribution in [0, 0.1) is 5.92 Å². The molecular weight excluding hydrogens is 290 g/mol. The lowest BCUT2D eigenvalue weighted by Gasteiger charge is -2.21. The van der Waals surface area contributed by atoms with Gasteiger partial charge < -0.3 is 15.1 Å². The molecular formula is C18H25N3O2. The molecule has 2 fully saturated rings. The van der Waals surface area contributed by atoms with Crippen LogP contribution in [0.5, 0.6) is 0 Å². The van der Waals surface area contributed by atoms with Crippen molar-refractivity contribution in [2.75, 3.05) is 31.5 Å². The van der Waals surface area contributed by atoms with E-state index in [0.717, 1.165) is 38.2 Å². The highest BCUT2D eigenvalue weighted by molar-refractivity contribution is 5.82. The van der Waals surface area contributed by atoms with Gasteiger partial charge in [-0.1, -0.05) is 25.1 Å². The zero-order valence-corrected chi connectivity index (χ0v) is 13.7. The van der Waals surface area contributed by atoms with E-state index in [4.69, 9.17) is 0 Å². The van der Waals surface area contributed by atoms with Gasteiger partial charge in [-0.25, -0.2) is 0 Å². The maximum Gasteiger partial charge on any atom is 0.227 e. The van der Waals surface area contributed by atoms with Crippen LogP contribution in [0.15, 0.2) is 30.3 Å². The molecule has 0 aliphatic carbocycles. The second-order valence-electron chi connectivity index (χ2n) is 6.46.